The summed E-state index contributed by atoms with van der Waals surface area (Å²) < 4.78 is 5.18. The van der Waals surface area contributed by atoms with E-state index < -0.39 is 18.6 Å². The van der Waals surface area contributed by atoms with Crippen molar-refractivity contribution in [1.29, 1.82) is 0 Å². The van der Waals surface area contributed by atoms with Crippen LogP contribution >= 0.6 is 0 Å². The van der Waals surface area contributed by atoms with Gasteiger partial charge in [-0.2, -0.15) is 0 Å². The van der Waals surface area contributed by atoms with Crippen molar-refractivity contribution in [1.82, 2.24) is 15.4 Å². The van der Waals surface area contributed by atoms with E-state index in [-0.39, 0.29) is 5.91 Å². The van der Waals surface area contributed by atoms with Gasteiger partial charge in [0.25, 0.3) is 11.8 Å². The highest BCUT2D eigenvalue weighted by atomic mass is 16.5. The zero-order valence-corrected chi connectivity index (χ0v) is 17.4. The number of aromatic nitrogens is 1. The summed E-state index contributed by atoms with van der Waals surface area (Å²) in [5, 5.41) is 11.3. The Bertz CT molecular complexity index is 941. The number of benzene rings is 1. The van der Waals surface area contributed by atoms with Crippen LogP contribution in [0.4, 0.5) is 0 Å². The third kappa shape index (κ3) is 4.33. The van der Waals surface area contributed by atoms with Crippen LogP contribution in [0.2, 0.25) is 0 Å². The van der Waals surface area contributed by atoms with Gasteiger partial charge in [-0.25, -0.2) is 5.01 Å². The van der Waals surface area contributed by atoms with Crippen molar-refractivity contribution in [3.63, 3.8) is 0 Å². The fraction of sp³-hybridized carbons (Fsp3) is 0.381. The molecule has 0 atom stereocenters. The Morgan fingerprint density at radius 2 is 1.86 bits per heavy atom. The summed E-state index contributed by atoms with van der Waals surface area (Å²) in [6.07, 6.45) is 0.638. The molecule has 8 heteroatoms. The molecule has 152 valence electrons. The average molecular weight is 395 g/mol. The monoisotopic (exact) mass is 395 g/mol. The van der Waals surface area contributed by atoms with Gasteiger partial charge in [0.2, 0.25) is 0 Å². The van der Waals surface area contributed by atoms with Crippen LogP contribution in [0, 0.1) is 13.8 Å². The smallest absolute Gasteiger partial charge is 0.423 e. The summed E-state index contributed by atoms with van der Waals surface area (Å²) in [7, 11) is -1.04. The van der Waals surface area contributed by atoms with Gasteiger partial charge in [0.1, 0.15) is 0 Å². The van der Waals surface area contributed by atoms with E-state index in [0.29, 0.717) is 29.6 Å². The Balaban J connectivity index is 1.91. The maximum atomic E-state index is 13.3. The molecule has 0 spiro atoms. The summed E-state index contributed by atoms with van der Waals surface area (Å²) in [6, 6.07) is 8.45. The van der Waals surface area contributed by atoms with Gasteiger partial charge in [0, 0.05) is 22.5 Å². The van der Waals surface area contributed by atoms with E-state index in [1.54, 1.807) is 30.3 Å². The van der Waals surface area contributed by atoms with Crippen LogP contribution in [-0.2, 0) is 11.3 Å². The maximum Gasteiger partial charge on any atom is 0.491 e. The van der Waals surface area contributed by atoms with E-state index in [2.05, 4.69) is 10.4 Å². The SMILES string of the molecule is CCC(C)(C)N(NC(=O)c1ccc2c(c1)B(O)OC2)C(=O)c1cc(C)nc(C)c1. The molecule has 2 heterocycles. The second-order valence-electron chi connectivity index (χ2n) is 7.96. The zero-order valence-electron chi connectivity index (χ0n) is 17.4. The number of nitrogens with zero attached hydrogens (tertiary/aromatic N) is 2. The Hall–Kier alpha value is -2.71. The van der Waals surface area contributed by atoms with Crippen LogP contribution < -0.4 is 10.9 Å². The third-order valence-electron chi connectivity index (χ3n) is 5.29. The number of carbonyl (C=O) groups is 2. The second kappa shape index (κ2) is 7.97. The van der Waals surface area contributed by atoms with Gasteiger partial charge >= 0.3 is 7.12 Å². The summed E-state index contributed by atoms with van der Waals surface area (Å²) in [5.74, 6) is -0.729. The number of carbonyl (C=O) groups excluding carboxylic acids is 2. The molecule has 0 aliphatic carbocycles. The first-order chi connectivity index (χ1) is 13.6. The highest BCUT2D eigenvalue weighted by Crippen LogP contribution is 2.21. The molecule has 0 fully saturated rings. The van der Waals surface area contributed by atoms with E-state index in [0.717, 1.165) is 17.0 Å². The lowest BCUT2D eigenvalue weighted by atomic mass is 9.79. The first-order valence-corrected chi connectivity index (χ1v) is 9.65. The fourth-order valence-electron chi connectivity index (χ4n) is 3.24. The minimum atomic E-state index is -1.04. The molecule has 1 aromatic carbocycles. The van der Waals surface area contributed by atoms with Crippen LogP contribution in [0.25, 0.3) is 0 Å². The van der Waals surface area contributed by atoms with Crippen molar-refractivity contribution in [2.45, 2.75) is 53.2 Å². The lowest BCUT2D eigenvalue weighted by molar-refractivity contribution is 0.0307. The number of nitrogens with one attached hydrogen (secondary N) is 1. The van der Waals surface area contributed by atoms with Gasteiger partial charge in [0.15, 0.2) is 0 Å². The minimum Gasteiger partial charge on any atom is -0.423 e. The molecule has 2 aromatic rings. The maximum absolute atomic E-state index is 13.3. The van der Waals surface area contributed by atoms with Gasteiger partial charge in [-0.15, -0.1) is 0 Å². The Morgan fingerprint density at radius 3 is 2.48 bits per heavy atom. The normalized spacial score (nSPS) is 13.2. The summed E-state index contributed by atoms with van der Waals surface area (Å²) in [6.45, 7) is 9.72. The molecule has 0 unspecified atom stereocenters. The quantitative estimate of drug-likeness (QED) is 0.610. The number of pyridine rings is 1. The molecule has 1 aliphatic heterocycles. The molecule has 1 aliphatic rings. The summed E-state index contributed by atoms with van der Waals surface area (Å²) in [5.41, 5.74) is 5.87. The second-order valence-corrected chi connectivity index (χ2v) is 7.96. The molecule has 2 N–H and O–H groups in total. The van der Waals surface area contributed by atoms with Crippen LogP contribution in [0.5, 0.6) is 0 Å². The van der Waals surface area contributed by atoms with Crippen LogP contribution in [0.3, 0.4) is 0 Å². The number of hydrazine groups is 1. The highest BCUT2D eigenvalue weighted by molar-refractivity contribution is 6.61. The van der Waals surface area contributed by atoms with E-state index in [4.69, 9.17) is 4.65 Å². The molecule has 0 saturated carbocycles. The molecule has 0 saturated heterocycles. The number of fused-ring (bicyclic) bond motifs is 1. The highest BCUT2D eigenvalue weighted by Gasteiger charge is 2.33. The molecule has 1 aromatic heterocycles. The molecule has 29 heavy (non-hydrogen) atoms. The summed E-state index contributed by atoms with van der Waals surface area (Å²) >= 11 is 0. The molecule has 7 nitrogen and oxygen atoms in total. The summed E-state index contributed by atoms with van der Waals surface area (Å²) in [4.78, 5) is 30.6. The standard InChI is InChI=1S/C21H26BN3O4/c1-6-21(4,5)25(20(27)17-9-13(2)23-14(3)10-17)24-19(26)15-7-8-16-12-29-22(28)18(16)11-15/h7-11,28H,6,12H2,1-5H3,(H,24,26). The van der Waals surface area contributed by atoms with Crippen LogP contribution in [0.15, 0.2) is 30.3 Å². The van der Waals surface area contributed by atoms with Gasteiger partial charge in [-0.1, -0.05) is 13.0 Å². The average Bonchev–Trinajstić information content (AvgIpc) is 3.04. The van der Waals surface area contributed by atoms with Crippen LogP contribution in [-0.4, -0.2) is 39.5 Å². The molecule has 0 bridgehead atoms. The lowest BCUT2D eigenvalue weighted by Gasteiger charge is -2.38. The van der Waals surface area contributed by atoms with Gasteiger partial charge < -0.3 is 9.68 Å². The van der Waals surface area contributed by atoms with Crippen molar-refractivity contribution < 1.29 is 19.3 Å². The van der Waals surface area contributed by atoms with E-state index in [9.17, 15) is 14.6 Å². The van der Waals surface area contributed by atoms with Crippen molar-refractivity contribution in [3.8, 4) is 0 Å². The molecular formula is C21H26BN3O4. The zero-order chi connectivity index (χ0) is 21.3. The van der Waals surface area contributed by atoms with E-state index >= 15 is 0 Å². The van der Waals surface area contributed by atoms with Gasteiger partial charge in [0.05, 0.1) is 12.1 Å². The molecule has 0 radical (unpaired) electrons. The van der Waals surface area contributed by atoms with Crippen molar-refractivity contribution >= 4 is 24.4 Å². The van der Waals surface area contributed by atoms with Gasteiger partial charge in [-0.3, -0.25) is 20.0 Å². The largest absolute Gasteiger partial charge is 0.491 e. The Labute approximate surface area is 171 Å². The van der Waals surface area contributed by atoms with E-state index in [1.165, 1.54) is 5.01 Å². The van der Waals surface area contributed by atoms with Crippen molar-refractivity contribution in [2.24, 2.45) is 0 Å². The first-order valence-electron chi connectivity index (χ1n) is 9.65. The molecule has 2 amide bonds. The first kappa shape index (κ1) is 21.0. The van der Waals surface area contributed by atoms with Gasteiger partial charge in [-0.05, 0) is 69.4 Å². The predicted molar refractivity (Wildman–Crippen MR) is 111 cm³/mol. The fourth-order valence-corrected chi connectivity index (χ4v) is 3.24. The van der Waals surface area contributed by atoms with Crippen molar-refractivity contribution in [2.75, 3.05) is 0 Å². The van der Waals surface area contributed by atoms with E-state index in [1.807, 2.05) is 34.6 Å². The lowest BCUT2D eigenvalue weighted by Crippen LogP contribution is -2.57. The third-order valence-corrected chi connectivity index (χ3v) is 5.29. The molecule has 3 rings (SSSR count). The number of aryl methyl sites for hydroxylation is 2. The Kier molecular flexibility index (Phi) is 5.77. The van der Waals surface area contributed by atoms with Crippen LogP contribution in [0.1, 0.15) is 64.9 Å². The molecular weight excluding hydrogens is 369 g/mol. The van der Waals surface area contributed by atoms with Crippen molar-refractivity contribution in [3.05, 3.63) is 58.4 Å². The number of rotatable bonds is 4. The number of amides is 2. The minimum absolute atomic E-state index is 0.302. The number of hydrogen-bond acceptors (Lipinski definition) is 5. The Morgan fingerprint density at radius 1 is 1.21 bits per heavy atom. The topological polar surface area (TPSA) is 91.8 Å². The number of hydrogen-bond donors (Lipinski definition) is 2. The predicted octanol–water partition coefficient (Wildman–Crippen LogP) is 1.89.